The molecule has 30 heavy (non-hydrogen) atoms. The van der Waals surface area contributed by atoms with Crippen LogP contribution in [0.3, 0.4) is 0 Å². The number of carbonyl (C=O) groups excluding carboxylic acids is 1. The zero-order chi connectivity index (χ0) is 21.1. The molecule has 1 N–H and O–H groups in total. The second-order valence-electron chi connectivity index (χ2n) is 6.78. The second-order valence-corrected chi connectivity index (χ2v) is 8.36. The number of aryl methyl sites for hydroxylation is 1. The van der Waals surface area contributed by atoms with Crippen molar-refractivity contribution in [2.75, 3.05) is 19.0 Å². The Hall–Kier alpha value is -2.96. The van der Waals surface area contributed by atoms with Crippen LogP contribution in [-0.2, 0) is 11.2 Å². The van der Waals surface area contributed by atoms with E-state index in [1.807, 2.05) is 37.3 Å². The molecule has 0 radical (unpaired) electrons. The number of esters is 1. The average molecular weight is 438 g/mol. The molecule has 152 valence electrons. The van der Waals surface area contributed by atoms with Gasteiger partial charge in [0, 0.05) is 17.0 Å². The molecule has 0 aliphatic rings. The number of methoxy groups -OCH3 is 1. The fraction of sp³-hybridized carbons (Fsp3) is 0.174. The first kappa shape index (κ1) is 20.3. The Bertz CT molecular complexity index is 1190. The van der Waals surface area contributed by atoms with Gasteiger partial charge in [0.1, 0.15) is 10.6 Å². The molecule has 4 aromatic rings. The lowest BCUT2D eigenvalue weighted by Crippen LogP contribution is -2.08. The number of ether oxygens (including phenoxy) is 1. The van der Waals surface area contributed by atoms with Crippen molar-refractivity contribution in [3.05, 3.63) is 75.6 Å². The SMILES string of the molecule is COC(=O)c1ccc(-c2nc(NCCc3ccccc3)c3c(Cl)c(C)sc3n2)cc1. The molecule has 4 rings (SSSR count). The summed E-state index contributed by atoms with van der Waals surface area (Å²) in [4.78, 5) is 23.0. The van der Waals surface area contributed by atoms with Gasteiger partial charge in [0.05, 0.1) is 23.1 Å². The minimum absolute atomic E-state index is 0.373. The Balaban J connectivity index is 1.67. The molecule has 0 bridgehead atoms. The van der Waals surface area contributed by atoms with E-state index in [0.717, 1.165) is 39.4 Å². The minimum atomic E-state index is -0.373. The quantitative estimate of drug-likeness (QED) is 0.388. The van der Waals surface area contributed by atoms with Crippen LogP contribution in [0.1, 0.15) is 20.8 Å². The molecule has 5 nitrogen and oxygen atoms in total. The maximum atomic E-state index is 11.7. The van der Waals surface area contributed by atoms with Gasteiger partial charge in [-0.05, 0) is 31.0 Å². The van der Waals surface area contributed by atoms with Gasteiger partial charge in [-0.15, -0.1) is 11.3 Å². The fourth-order valence-corrected chi connectivity index (χ4v) is 4.44. The highest BCUT2D eigenvalue weighted by atomic mass is 35.5. The fourth-order valence-electron chi connectivity index (χ4n) is 3.18. The number of hydrogen-bond acceptors (Lipinski definition) is 6. The molecular weight excluding hydrogens is 418 g/mol. The number of hydrogen-bond donors (Lipinski definition) is 1. The maximum absolute atomic E-state index is 11.7. The van der Waals surface area contributed by atoms with Gasteiger partial charge in [0.2, 0.25) is 0 Å². The van der Waals surface area contributed by atoms with Gasteiger partial charge < -0.3 is 10.1 Å². The standard InChI is InChI=1S/C23H20ClN3O2S/c1-14-19(24)18-21(25-13-12-15-6-4-3-5-7-15)26-20(27-22(18)30-14)16-8-10-17(11-9-16)23(28)29-2/h3-11H,12-13H2,1-2H3,(H,25,26,27). The maximum Gasteiger partial charge on any atom is 0.337 e. The number of thiophene rings is 1. The van der Waals surface area contributed by atoms with Crippen molar-refractivity contribution in [3.8, 4) is 11.4 Å². The van der Waals surface area contributed by atoms with E-state index in [2.05, 4.69) is 17.4 Å². The molecule has 0 atom stereocenters. The van der Waals surface area contributed by atoms with Crippen molar-refractivity contribution in [1.82, 2.24) is 9.97 Å². The summed E-state index contributed by atoms with van der Waals surface area (Å²) < 4.78 is 4.76. The third kappa shape index (κ3) is 4.15. The molecule has 2 aromatic carbocycles. The van der Waals surface area contributed by atoms with Crippen LogP contribution in [0, 0.1) is 6.92 Å². The smallest absolute Gasteiger partial charge is 0.337 e. The van der Waals surface area contributed by atoms with Crippen molar-refractivity contribution in [2.45, 2.75) is 13.3 Å². The highest BCUT2D eigenvalue weighted by molar-refractivity contribution is 7.19. The van der Waals surface area contributed by atoms with E-state index in [-0.39, 0.29) is 5.97 Å². The number of carbonyl (C=O) groups is 1. The van der Waals surface area contributed by atoms with Gasteiger partial charge >= 0.3 is 5.97 Å². The molecule has 2 aromatic heterocycles. The number of benzene rings is 2. The molecule has 0 saturated carbocycles. The van der Waals surface area contributed by atoms with Crippen LogP contribution in [0.5, 0.6) is 0 Å². The Labute approximate surface area is 183 Å². The summed E-state index contributed by atoms with van der Waals surface area (Å²) in [6, 6.07) is 17.4. The molecule has 2 heterocycles. The Morgan fingerprint density at radius 3 is 2.53 bits per heavy atom. The first-order valence-electron chi connectivity index (χ1n) is 9.50. The van der Waals surface area contributed by atoms with E-state index in [9.17, 15) is 4.79 Å². The zero-order valence-corrected chi connectivity index (χ0v) is 18.2. The van der Waals surface area contributed by atoms with Crippen molar-refractivity contribution in [3.63, 3.8) is 0 Å². The molecule has 0 unspecified atom stereocenters. The van der Waals surface area contributed by atoms with Crippen LogP contribution in [0.4, 0.5) is 5.82 Å². The van der Waals surface area contributed by atoms with Gasteiger partial charge in [-0.3, -0.25) is 0 Å². The third-order valence-corrected chi connectivity index (χ3v) is 6.35. The van der Waals surface area contributed by atoms with Crippen LogP contribution in [0.15, 0.2) is 54.6 Å². The predicted octanol–water partition coefficient (Wildman–Crippen LogP) is 5.76. The lowest BCUT2D eigenvalue weighted by atomic mass is 10.1. The van der Waals surface area contributed by atoms with Crippen molar-refractivity contribution in [2.24, 2.45) is 0 Å². The summed E-state index contributed by atoms with van der Waals surface area (Å²) in [6.45, 7) is 2.70. The van der Waals surface area contributed by atoms with Crippen LogP contribution in [0.25, 0.3) is 21.6 Å². The summed E-state index contributed by atoms with van der Waals surface area (Å²) in [6.07, 6.45) is 0.871. The first-order chi connectivity index (χ1) is 14.6. The topological polar surface area (TPSA) is 64.1 Å². The van der Waals surface area contributed by atoms with Crippen LogP contribution in [0.2, 0.25) is 5.02 Å². The van der Waals surface area contributed by atoms with E-state index in [1.165, 1.54) is 12.7 Å². The number of nitrogens with zero attached hydrogens (tertiary/aromatic N) is 2. The highest BCUT2D eigenvalue weighted by Gasteiger charge is 2.17. The number of rotatable bonds is 6. The van der Waals surface area contributed by atoms with Gasteiger partial charge in [-0.25, -0.2) is 14.8 Å². The number of halogens is 1. The highest BCUT2D eigenvalue weighted by Crippen LogP contribution is 2.38. The minimum Gasteiger partial charge on any atom is -0.465 e. The number of anilines is 1. The van der Waals surface area contributed by atoms with Gasteiger partial charge in [0.25, 0.3) is 0 Å². The average Bonchev–Trinajstić information content (AvgIpc) is 3.07. The predicted molar refractivity (Wildman–Crippen MR) is 123 cm³/mol. The zero-order valence-electron chi connectivity index (χ0n) is 16.6. The van der Waals surface area contributed by atoms with E-state index >= 15 is 0 Å². The Kier molecular flexibility index (Phi) is 5.97. The van der Waals surface area contributed by atoms with Gasteiger partial charge in [-0.2, -0.15) is 0 Å². The molecular formula is C23H20ClN3O2S. The van der Waals surface area contributed by atoms with Crippen molar-refractivity contribution >= 4 is 44.9 Å². The normalized spacial score (nSPS) is 10.9. The lowest BCUT2D eigenvalue weighted by molar-refractivity contribution is 0.0601. The van der Waals surface area contributed by atoms with Crippen LogP contribution in [-0.4, -0.2) is 29.6 Å². The monoisotopic (exact) mass is 437 g/mol. The summed E-state index contributed by atoms with van der Waals surface area (Å²) in [7, 11) is 1.36. The molecule has 0 saturated heterocycles. The second kappa shape index (κ2) is 8.81. The van der Waals surface area contributed by atoms with Crippen molar-refractivity contribution < 1.29 is 9.53 Å². The molecule has 0 aliphatic carbocycles. The number of fused-ring (bicyclic) bond motifs is 1. The van der Waals surface area contributed by atoms with E-state index < -0.39 is 0 Å². The summed E-state index contributed by atoms with van der Waals surface area (Å²) in [5, 5.41) is 4.97. The molecule has 0 aliphatic heterocycles. The lowest BCUT2D eigenvalue weighted by Gasteiger charge is -2.10. The summed E-state index contributed by atoms with van der Waals surface area (Å²) >= 11 is 8.10. The van der Waals surface area contributed by atoms with Crippen molar-refractivity contribution in [1.29, 1.82) is 0 Å². The van der Waals surface area contributed by atoms with Crippen LogP contribution >= 0.6 is 22.9 Å². The molecule has 0 amide bonds. The molecule has 0 spiro atoms. The van der Waals surface area contributed by atoms with Gasteiger partial charge in [0.15, 0.2) is 5.82 Å². The first-order valence-corrected chi connectivity index (χ1v) is 10.7. The van der Waals surface area contributed by atoms with Gasteiger partial charge in [-0.1, -0.05) is 54.1 Å². The number of aromatic nitrogens is 2. The summed E-state index contributed by atoms with van der Waals surface area (Å²) in [5.74, 6) is 0.929. The summed E-state index contributed by atoms with van der Waals surface area (Å²) in [5.41, 5.74) is 2.55. The number of nitrogens with one attached hydrogen (secondary N) is 1. The third-order valence-electron chi connectivity index (χ3n) is 4.77. The Morgan fingerprint density at radius 2 is 1.83 bits per heavy atom. The Morgan fingerprint density at radius 1 is 1.10 bits per heavy atom. The van der Waals surface area contributed by atoms with E-state index in [4.69, 9.17) is 26.3 Å². The van der Waals surface area contributed by atoms with Crippen LogP contribution < -0.4 is 5.32 Å². The molecule has 7 heteroatoms. The van der Waals surface area contributed by atoms with E-state index in [1.54, 1.807) is 23.5 Å². The van der Waals surface area contributed by atoms with E-state index in [0.29, 0.717) is 16.4 Å². The largest absolute Gasteiger partial charge is 0.465 e. The molecule has 0 fully saturated rings.